The maximum Gasteiger partial charge on any atom is 0.270 e. The predicted octanol–water partition coefficient (Wildman–Crippen LogP) is 2.51. The van der Waals surface area contributed by atoms with Gasteiger partial charge in [0.1, 0.15) is 0 Å². The third kappa shape index (κ3) is 4.29. The van der Waals surface area contributed by atoms with Crippen LogP contribution in [-0.2, 0) is 14.8 Å². The summed E-state index contributed by atoms with van der Waals surface area (Å²) in [6.07, 6.45) is 3.23. The van der Waals surface area contributed by atoms with E-state index in [9.17, 15) is 23.3 Å². The van der Waals surface area contributed by atoms with Crippen molar-refractivity contribution in [3.8, 4) is 0 Å². The Labute approximate surface area is 166 Å². The molecule has 148 valence electrons. The molecule has 1 aromatic heterocycles. The molecule has 1 aliphatic rings. The van der Waals surface area contributed by atoms with Crippen molar-refractivity contribution in [1.82, 2.24) is 9.21 Å². The molecule has 28 heavy (non-hydrogen) atoms. The van der Waals surface area contributed by atoms with Crippen molar-refractivity contribution in [3.63, 3.8) is 0 Å². The van der Waals surface area contributed by atoms with Gasteiger partial charge in [-0.25, -0.2) is 8.42 Å². The third-order valence-electron chi connectivity index (χ3n) is 4.48. The molecule has 2 aromatic rings. The third-order valence-corrected chi connectivity index (χ3v) is 7.36. The molecule has 0 unspecified atom stereocenters. The largest absolute Gasteiger partial charge is 0.337 e. The topological polar surface area (TPSA) is 101 Å². The maximum absolute atomic E-state index is 12.9. The van der Waals surface area contributed by atoms with Gasteiger partial charge in [-0.15, -0.1) is 11.3 Å². The number of sulfonamides is 1. The van der Waals surface area contributed by atoms with Gasteiger partial charge in [-0.1, -0.05) is 12.1 Å². The predicted molar refractivity (Wildman–Crippen MR) is 107 cm³/mol. The van der Waals surface area contributed by atoms with E-state index >= 15 is 0 Å². The summed E-state index contributed by atoms with van der Waals surface area (Å²) >= 11 is 1.52. The fourth-order valence-electron chi connectivity index (χ4n) is 2.91. The summed E-state index contributed by atoms with van der Waals surface area (Å²) in [5.41, 5.74) is 0.180. The number of carbonyl (C=O) groups is 1. The summed E-state index contributed by atoms with van der Waals surface area (Å²) in [7, 11) is -3.87. The van der Waals surface area contributed by atoms with Crippen LogP contribution >= 0.6 is 11.3 Å². The van der Waals surface area contributed by atoms with Gasteiger partial charge in [-0.05, 0) is 30.0 Å². The molecular formula is C18H19N3O5S2. The fraction of sp³-hybridized carbons (Fsp3) is 0.278. The van der Waals surface area contributed by atoms with Gasteiger partial charge in [-0.2, -0.15) is 4.31 Å². The van der Waals surface area contributed by atoms with E-state index in [1.54, 1.807) is 17.9 Å². The number of piperazine rings is 1. The number of nitrogens with zero attached hydrogens (tertiary/aromatic N) is 3. The van der Waals surface area contributed by atoms with E-state index in [4.69, 9.17) is 0 Å². The van der Waals surface area contributed by atoms with E-state index in [1.807, 2.05) is 17.5 Å². The number of amides is 1. The summed E-state index contributed by atoms with van der Waals surface area (Å²) in [5.74, 6) is -0.169. The Balaban J connectivity index is 1.69. The Hall–Kier alpha value is -2.56. The molecule has 8 nitrogen and oxygen atoms in total. The molecule has 0 saturated carbocycles. The summed E-state index contributed by atoms with van der Waals surface area (Å²) in [4.78, 5) is 25.1. The van der Waals surface area contributed by atoms with Crippen LogP contribution in [0.15, 0.2) is 46.7 Å². The second-order valence-electron chi connectivity index (χ2n) is 6.29. The molecule has 1 amide bonds. The number of non-ortho nitro benzene ring substituents is 1. The van der Waals surface area contributed by atoms with Crippen LogP contribution in [-0.4, -0.2) is 54.6 Å². The molecule has 0 spiro atoms. The van der Waals surface area contributed by atoms with Crippen molar-refractivity contribution < 1.29 is 18.1 Å². The van der Waals surface area contributed by atoms with Crippen LogP contribution in [0.4, 0.5) is 5.69 Å². The first kappa shape index (κ1) is 20.2. The number of carbonyl (C=O) groups excluding carboxylic acids is 1. The lowest BCUT2D eigenvalue weighted by Crippen LogP contribution is -2.50. The lowest BCUT2D eigenvalue weighted by atomic mass is 10.2. The Kier molecular flexibility index (Phi) is 5.92. The number of nitro groups is 1. The fourth-order valence-corrected chi connectivity index (χ4v) is 5.20. The van der Waals surface area contributed by atoms with Gasteiger partial charge in [0.05, 0.1) is 9.82 Å². The quantitative estimate of drug-likeness (QED) is 0.419. The number of rotatable bonds is 5. The number of thiophene rings is 1. The molecule has 0 radical (unpaired) electrons. The Morgan fingerprint density at radius 1 is 1.21 bits per heavy atom. The first-order chi connectivity index (χ1) is 13.3. The number of nitro benzene ring substituents is 1. The molecule has 2 heterocycles. The smallest absolute Gasteiger partial charge is 0.270 e. The average molecular weight is 422 g/mol. The van der Waals surface area contributed by atoms with Crippen molar-refractivity contribution in [1.29, 1.82) is 0 Å². The minimum Gasteiger partial charge on any atom is -0.337 e. The number of aryl methyl sites for hydroxylation is 1. The van der Waals surface area contributed by atoms with E-state index < -0.39 is 14.9 Å². The zero-order chi connectivity index (χ0) is 20.3. The minimum atomic E-state index is -3.87. The normalized spacial score (nSPS) is 15.8. The van der Waals surface area contributed by atoms with Gasteiger partial charge in [0.25, 0.3) is 5.69 Å². The Morgan fingerprint density at radius 2 is 1.93 bits per heavy atom. The molecular weight excluding hydrogens is 402 g/mol. The average Bonchev–Trinajstić information content (AvgIpc) is 3.20. The zero-order valence-corrected chi connectivity index (χ0v) is 16.8. The van der Waals surface area contributed by atoms with Crippen LogP contribution < -0.4 is 0 Å². The van der Waals surface area contributed by atoms with Gasteiger partial charge in [0.2, 0.25) is 15.9 Å². The van der Waals surface area contributed by atoms with Crippen molar-refractivity contribution in [2.75, 3.05) is 26.2 Å². The lowest BCUT2D eigenvalue weighted by molar-refractivity contribution is -0.385. The lowest BCUT2D eigenvalue weighted by Gasteiger charge is -2.33. The second kappa shape index (κ2) is 8.21. The van der Waals surface area contributed by atoms with E-state index in [0.29, 0.717) is 5.56 Å². The number of hydrogen-bond donors (Lipinski definition) is 0. The van der Waals surface area contributed by atoms with Gasteiger partial charge in [0.15, 0.2) is 0 Å². The molecule has 1 saturated heterocycles. The first-order valence-corrected chi connectivity index (χ1v) is 10.9. The standard InChI is InChI=1S/C18H19N3O5S2/c1-14-4-5-15(21(23)24)13-17(14)28(25,26)20-10-8-19(9-11-20)18(22)7-6-16-3-2-12-27-16/h2-7,12-13H,8-11H2,1H3. The highest BCUT2D eigenvalue weighted by molar-refractivity contribution is 7.89. The zero-order valence-electron chi connectivity index (χ0n) is 15.1. The number of hydrogen-bond acceptors (Lipinski definition) is 6. The highest BCUT2D eigenvalue weighted by Crippen LogP contribution is 2.25. The van der Waals surface area contributed by atoms with Crippen LogP contribution in [0.2, 0.25) is 0 Å². The molecule has 1 fully saturated rings. The molecule has 3 rings (SSSR count). The van der Waals surface area contributed by atoms with Crippen LogP contribution in [0.25, 0.3) is 6.08 Å². The monoisotopic (exact) mass is 421 g/mol. The van der Waals surface area contributed by atoms with Crippen molar-refractivity contribution in [2.24, 2.45) is 0 Å². The molecule has 1 aromatic carbocycles. The van der Waals surface area contributed by atoms with Crippen molar-refractivity contribution in [3.05, 3.63) is 62.3 Å². The van der Waals surface area contributed by atoms with Gasteiger partial charge < -0.3 is 4.90 Å². The number of benzene rings is 1. The first-order valence-electron chi connectivity index (χ1n) is 8.55. The van der Waals surface area contributed by atoms with Crippen LogP contribution in [0.5, 0.6) is 0 Å². The van der Waals surface area contributed by atoms with E-state index in [0.717, 1.165) is 10.9 Å². The van der Waals surface area contributed by atoms with E-state index in [-0.39, 0.29) is 42.7 Å². The van der Waals surface area contributed by atoms with E-state index in [2.05, 4.69) is 0 Å². The summed E-state index contributed by atoms with van der Waals surface area (Å²) < 4.78 is 27.1. The van der Waals surface area contributed by atoms with Gasteiger partial charge in [-0.3, -0.25) is 14.9 Å². The highest BCUT2D eigenvalue weighted by atomic mass is 32.2. The van der Waals surface area contributed by atoms with E-state index in [1.165, 1.54) is 33.9 Å². The van der Waals surface area contributed by atoms with Crippen LogP contribution in [0.1, 0.15) is 10.4 Å². The second-order valence-corrected chi connectivity index (χ2v) is 9.17. The Morgan fingerprint density at radius 3 is 2.54 bits per heavy atom. The molecule has 10 heteroatoms. The van der Waals surface area contributed by atoms with Crippen LogP contribution in [0.3, 0.4) is 0 Å². The molecule has 1 aliphatic heterocycles. The van der Waals surface area contributed by atoms with Crippen molar-refractivity contribution >= 4 is 39.0 Å². The maximum atomic E-state index is 12.9. The highest BCUT2D eigenvalue weighted by Gasteiger charge is 2.31. The SMILES string of the molecule is Cc1ccc([N+](=O)[O-])cc1S(=O)(=O)N1CCN(C(=O)C=Cc2cccs2)CC1. The Bertz CT molecular complexity index is 1010. The summed E-state index contributed by atoms with van der Waals surface area (Å²) in [6.45, 7) is 2.42. The van der Waals surface area contributed by atoms with Crippen LogP contribution in [0, 0.1) is 17.0 Å². The summed E-state index contributed by atoms with van der Waals surface area (Å²) in [6, 6.07) is 7.60. The summed E-state index contributed by atoms with van der Waals surface area (Å²) in [5, 5.41) is 12.9. The van der Waals surface area contributed by atoms with Gasteiger partial charge >= 0.3 is 0 Å². The minimum absolute atomic E-state index is 0.0703. The molecule has 0 N–H and O–H groups in total. The van der Waals surface area contributed by atoms with Gasteiger partial charge in [0, 0.05) is 49.3 Å². The molecule has 0 aliphatic carbocycles. The molecule has 0 bridgehead atoms. The molecule has 0 atom stereocenters. The van der Waals surface area contributed by atoms with Crippen molar-refractivity contribution in [2.45, 2.75) is 11.8 Å².